The van der Waals surface area contributed by atoms with Crippen LogP contribution < -0.4 is 16.5 Å². The zero-order valence-electron chi connectivity index (χ0n) is 34.5. The number of hydrogen-bond acceptors (Lipinski definition) is 13. The van der Waals surface area contributed by atoms with E-state index < -0.39 is 90.2 Å². The fraction of sp³-hybridized carbons (Fsp3) is 0.636. The number of ketones is 2. The van der Waals surface area contributed by atoms with E-state index in [1.54, 1.807) is 17.1 Å². The highest BCUT2D eigenvalue weighted by atomic mass is 16.7. The Kier molecular flexibility index (Phi) is 11.6. The number of nitrogens with one attached hydrogen (secondary N) is 2. The van der Waals surface area contributed by atoms with Gasteiger partial charge in [-0.2, -0.15) is 0 Å². The van der Waals surface area contributed by atoms with Crippen molar-refractivity contribution >= 4 is 35.3 Å². The Hall–Kier alpha value is -4.36. The van der Waals surface area contributed by atoms with E-state index >= 15 is 0 Å². The first-order chi connectivity index (χ1) is 29.0. The molecule has 1 aromatic carbocycles. The number of nitrogens with zero attached hydrogens (tertiary/aromatic N) is 1. The molecule has 1 spiro atoms. The molecule has 330 valence electrons. The minimum absolute atomic E-state index is 0.00700. The standard InChI is InChI=1S/C44H56N4O13/c1-41-12-11-27(50)14-26(41)7-8-29-30-15-34-44(33(52)19-49,42(30,2)17-32(51)38(29)41)61-40(60-34)25-5-3-24(4-6-25)13-28-16-43(23-58-28)21-48(22-43)39(57)31(9-10-37(55)56)47-35(53)18-46-36(54)20-59-45/h3-6,11-12,14,28-32,34,38,40,49,51H,7-10,13,15-23,45H2,1-2H3,(H,46,54)(H,47,53)(H,55,56)/t28?,29-,30-,31-,32-,34+,38+,40+,41-,42-,44+/m0/s1. The number of fused-ring (bicyclic) bond motifs is 7. The lowest BCUT2D eigenvalue weighted by molar-refractivity contribution is -0.201. The molecule has 3 saturated carbocycles. The van der Waals surface area contributed by atoms with Gasteiger partial charge in [0.25, 0.3) is 0 Å². The Morgan fingerprint density at radius 3 is 2.54 bits per heavy atom. The third kappa shape index (κ3) is 7.55. The number of aliphatic hydroxyl groups excluding tert-OH is 2. The van der Waals surface area contributed by atoms with Gasteiger partial charge in [-0.15, -0.1) is 0 Å². The number of Topliss-reactive ketones (excluding diaryl/α,β-unsaturated/α-hetero) is 1. The maximum Gasteiger partial charge on any atom is 0.303 e. The summed E-state index contributed by atoms with van der Waals surface area (Å²) < 4.78 is 19.6. The van der Waals surface area contributed by atoms with Crippen LogP contribution >= 0.6 is 0 Å². The molecule has 6 fully saturated rings. The van der Waals surface area contributed by atoms with Crippen LogP contribution in [0.2, 0.25) is 0 Å². The lowest BCUT2D eigenvalue weighted by Gasteiger charge is -2.59. The van der Waals surface area contributed by atoms with Gasteiger partial charge in [0.05, 0.1) is 31.5 Å². The second-order valence-electron chi connectivity index (χ2n) is 18.8. The quantitative estimate of drug-likeness (QED) is 0.142. The number of carboxylic acid groups (broad SMARTS) is 1. The van der Waals surface area contributed by atoms with Crippen LogP contribution in [0.3, 0.4) is 0 Å². The summed E-state index contributed by atoms with van der Waals surface area (Å²) in [6.45, 7) is 3.76. The number of aliphatic carboxylic acids is 1. The first kappa shape index (κ1) is 43.3. The minimum atomic E-state index is -1.44. The summed E-state index contributed by atoms with van der Waals surface area (Å²) in [5.74, 6) is 1.54. The third-order valence-corrected chi connectivity index (χ3v) is 15.1. The third-order valence-electron chi connectivity index (χ3n) is 15.1. The fourth-order valence-electron chi connectivity index (χ4n) is 12.4. The van der Waals surface area contributed by atoms with Crippen LogP contribution in [0.4, 0.5) is 0 Å². The minimum Gasteiger partial charge on any atom is -0.481 e. The summed E-state index contributed by atoms with van der Waals surface area (Å²) in [7, 11) is 0. The summed E-state index contributed by atoms with van der Waals surface area (Å²) in [6, 6.07) is 6.68. The molecule has 4 aliphatic carbocycles. The van der Waals surface area contributed by atoms with E-state index in [2.05, 4.69) is 22.4 Å². The Morgan fingerprint density at radius 2 is 1.84 bits per heavy atom. The second kappa shape index (κ2) is 16.4. The van der Waals surface area contributed by atoms with Crippen LogP contribution in [0.15, 0.2) is 48.1 Å². The molecule has 0 bridgehead atoms. The highest BCUT2D eigenvalue weighted by Gasteiger charge is 2.76. The van der Waals surface area contributed by atoms with Crippen molar-refractivity contribution in [2.24, 2.45) is 39.9 Å². The molecular weight excluding hydrogens is 792 g/mol. The van der Waals surface area contributed by atoms with Crippen molar-refractivity contribution < 1.29 is 63.1 Å². The number of allylic oxidation sites excluding steroid dienone is 4. The van der Waals surface area contributed by atoms with Gasteiger partial charge in [0.2, 0.25) is 17.7 Å². The number of carbonyl (C=O) groups excluding carboxylic acids is 5. The molecule has 11 atom stereocenters. The highest BCUT2D eigenvalue weighted by molar-refractivity contribution is 6.01. The molecule has 1 aromatic rings. The molecule has 8 rings (SSSR count). The monoisotopic (exact) mass is 848 g/mol. The lowest BCUT2D eigenvalue weighted by atomic mass is 9.46. The average molecular weight is 849 g/mol. The summed E-state index contributed by atoms with van der Waals surface area (Å²) in [5, 5.41) is 36.4. The van der Waals surface area contributed by atoms with E-state index in [0.29, 0.717) is 45.4 Å². The second-order valence-corrected chi connectivity index (χ2v) is 18.8. The van der Waals surface area contributed by atoms with Gasteiger partial charge in [0.1, 0.15) is 19.3 Å². The van der Waals surface area contributed by atoms with E-state index in [1.807, 2.05) is 37.3 Å². The van der Waals surface area contributed by atoms with Crippen molar-refractivity contribution in [3.8, 4) is 0 Å². The van der Waals surface area contributed by atoms with Gasteiger partial charge >= 0.3 is 5.97 Å². The molecule has 61 heavy (non-hydrogen) atoms. The summed E-state index contributed by atoms with van der Waals surface area (Å²) in [4.78, 5) is 80.8. The zero-order valence-corrected chi connectivity index (χ0v) is 34.5. The average Bonchev–Trinajstić information content (AvgIpc) is 3.88. The Bertz CT molecular complexity index is 2020. The molecule has 0 aromatic heterocycles. The summed E-state index contributed by atoms with van der Waals surface area (Å²) >= 11 is 0. The van der Waals surface area contributed by atoms with Gasteiger partial charge in [-0.3, -0.25) is 33.6 Å². The Labute approximate surface area is 353 Å². The zero-order chi connectivity index (χ0) is 43.5. The van der Waals surface area contributed by atoms with Crippen molar-refractivity contribution in [1.29, 1.82) is 0 Å². The Balaban J connectivity index is 0.880. The van der Waals surface area contributed by atoms with E-state index in [1.165, 1.54) is 0 Å². The molecule has 17 nitrogen and oxygen atoms in total. The molecule has 1 unspecified atom stereocenters. The van der Waals surface area contributed by atoms with E-state index in [9.17, 15) is 44.1 Å². The van der Waals surface area contributed by atoms with E-state index in [0.717, 1.165) is 29.5 Å². The van der Waals surface area contributed by atoms with Crippen molar-refractivity contribution in [1.82, 2.24) is 15.5 Å². The lowest BCUT2D eigenvalue weighted by Crippen LogP contribution is -2.63. The summed E-state index contributed by atoms with van der Waals surface area (Å²) in [6.07, 6.45) is 6.13. The van der Waals surface area contributed by atoms with Gasteiger partial charge in [0.15, 0.2) is 23.5 Å². The van der Waals surface area contributed by atoms with Crippen LogP contribution in [-0.2, 0) is 54.2 Å². The molecule has 17 heteroatoms. The number of amides is 3. The number of aliphatic hydroxyl groups is 2. The SMILES string of the molecule is C[C@]12C=CC(=O)C=C1CC[C@@H]1[C@@H]2[C@@H](O)C[C@@]2(C)[C@H]1C[C@H]1O[C@@H](c3ccc(CC4CC5(CO4)CN(C(=O)[C@H](CCC(=O)O)NC(=O)CNC(=O)CON)C5)cc3)O[C@]12C(=O)CO. The maximum absolute atomic E-state index is 13.9. The molecule has 3 amide bonds. The van der Waals surface area contributed by atoms with Gasteiger partial charge in [-0.1, -0.05) is 49.8 Å². The van der Waals surface area contributed by atoms with Crippen molar-refractivity contribution in [3.05, 3.63) is 59.2 Å². The maximum atomic E-state index is 13.9. The number of carbonyl (C=O) groups is 6. The molecule has 7 aliphatic rings. The van der Waals surface area contributed by atoms with Crippen LogP contribution in [0, 0.1) is 34.0 Å². The number of hydrogen-bond donors (Lipinski definition) is 6. The van der Waals surface area contributed by atoms with Gasteiger partial charge < -0.3 is 45.1 Å². The number of benzene rings is 1. The van der Waals surface area contributed by atoms with Crippen LogP contribution in [0.5, 0.6) is 0 Å². The van der Waals surface area contributed by atoms with Crippen molar-refractivity contribution in [2.45, 2.75) is 101 Å². The topological polar surface area (TPSA) is 253 Å². The van der Waals surface area contributed by atoms with Crippen LogP contribution in [0.1, 0.15) is 76.2 Å². The van der Waals surface area contributed by atoms with Crippen molar-refractivity contribution in [2.75, 3.05) is 39.5 Å². The van der Waals surface area contributed by atoms with Gasteiger partial charge in [-0.25, -0.2) is 5.90 Å². The molecule has 3 saturated heterocycles. The number of ether oxygens (including phenoxy) is 3. The molecule has 7 N–H and O–H groups in total. The number of nitrogens with two attached hydrogens (primary N) is 1. The van der Waals surface area contributed by atoms with Crippen molar-refractivity contribution in [3.63, 3.8) is 0 Å². The Morgan fingerprint density at radius 1 is 1.08 bits per heavy atom. The predicted molar refractivity (Wildman–Crippen MR) is 212 cm³/mol. The number of rotatable bonds is 14. The van der Waals surface area contributed by atoms with Gasteiger partial charge in [-0.05, 0) is 74.5 Å². The largest absolute Gasteiger partial charge is 0.481 e. The normalized spacial score (nSPS) is 35.9. The molecule has 0 radical (unpaired) electrons. The first-order valence-corrected chi connectivity index (χ1v) is 21.2. The van der Waals surface area contributed by atoms with E-state index in [4.69, 9.17) is 20.1 Å². The molecule has 3 aliphatic heterocycles. The molecule has 3 heterocycles. The van der Waals surface area contributed by atoms with Crippen LogP contribution in [-0.4, -0.2) is 125 Å². The van der Waals surface area contributed by atoms with E-state index in [-0.39, 0.29) is 47.9 Å². The summed E-state index contributed by atoms with van der Waals surface area (Å²) in [5.41, 5.74) is -0.200. The predicted octanol–water partition coefficient (Wildman–Crippen LogP) is 0.806. The smallest absolute Gasteiger partial charge is 0.303 e. The molecular formula is C44H56N4O13. The number of carboxylic acids is 1. The number of likely N-dealkylation sites (tertiary alicyclic amines) is 1. The van der Waals surface area contributed by atoms with Gasteiger partial charge in [0, 0.05) is 47.2 Å². The fourth-order valence-corrected chi connectivity index (χ4v) is 12.4. The first-order valence-electron chi connectivity index (χ1n) is 21.2. The van der Waals surface area contributed by atoms with Crippen LogP contribution in [0.25, 0.3) is 0 Å². The highest BCUT2D eigenvalue weighted by Crippen LogP contribution is 2.70.